The van der Waals surface area contributed by atoms with Crippen LogP contribution < -0.4 is 5.32 Å². The minimum atomic E-state index is -0.498. The molecule has 122 valence electrons. The summed E-state index contributed by atoms with van der Waals surface area (Å²) in [7, 11) is 0. The first-order chi connectivity index (χ1) is 9.76. The molecule has 1 amide bonds. The van der Waals surface area contributed by atoms with Gasteiger partial charge < -0.3 is 19.7 Å². The van der Waals surface area contributed by atoms with Gasteiger partial charge in [-0.3, -0.25) is 4.79 Å². The highest BCUT2D eigenvalue weighted by molar-refractivity contribution is 7.99. The van der Waals surface area contributed by atoms with Gasteiger partial charge in [0.05, 0.1) is 13.2 Å². The molecule has 0 aromatic carbocycles. The Morgan fingerprint density at radius 3 is 2.52 bits per heavy atom. The van der Waals surface area contributed by atoms with Crippen molar-refractivity contribution in [2.45, 2.75) is 44.6 Å². The number of amides is 1. The zero-order chi connectivity index (χ0) is 16.0. The third-order valence-electron chi connectivity index (χ3n) is 3.03. The summed E-state index contributed by atoms with van der Waals surface area (Å²) in [6.07, 6.45) is 1.70. The first-order valence-corrected chi connectivity index (χ1v) is 8.45. The summed E-state index contributed by atoms with van der Waals surface area (Å²) < 4.78 is 10.3. The molecule has 1 rings (SSSR count). The van der Waals surface area contributed by atoms with Crippen LogP contribution >= 0.6 is 11.8 Å². The number of esters is 1. The van der Waals surface area contributed by atoms with E-state index in [2.05, 4.69) is 5.32 Å². The van der Waals surface area contributed by atoms with Crippen LogP contribution in [-0.2, 0) is 14.3 Å². The van der Waals surface area contributed by atoms with E-state index in [9.17, 15) is 9.59 Å². The fourth-order valence-corrected chi connectivity index (χ4v) is 2.95. The molecule has 1 heterocycles. The molecule has 0 aromatic heterocycles. The number of rotatable bonds is 5. The second-order valence-electron chi connectivity index (χ2n) is 5.95. The van der Waals surface area contributed by atoms with Gasteiger partial charge in [0.2, 0.25) is 0 Å². The molecule has 2 atom stereocenters. The lowest BCUT2D eigenvalue weighted by Crippen LogP contribution is -2.42. The number of ether oxygens (including phenoxy) is 2. The largest absolute Gasteiger partial charge is 0.465 e. The van der Waals surface area contributed by atoms with E-state index in [1.807, 2.05) is 27.0 Å². The first kappa shape index (κ1) is 18.1. The van der Waals surface area contributed by atoms with Gasteiger partial charge in [0.25, 0.3) is 0 Å². The van der Waals surface area contributed by atoms with Gasteiger partial charge in [-0.1, -0.05) is 0 Å². The van der Waals surface area contributed by atoms with Crippen molar-refractivity contribution in [3.63, 3.8) is 0 Å². The Morgan fingerprint density at radius 1 is 1.33 bits per heavy atom. The van der Waals surface area contributed by atoms with Crippen molar-refractivity contribution in [1.82, 2.24) is 10.2 Å². The fourth-order valence-electron chi connectivity index (χ4n) is 2.11. The van der Waals surface area contributed by atoms with E-state index >= 15 is 0 Å². The van der Waals surface area contributed by atoms with E-state index in [0.717, 1.165) is 0 Å². The van der Waals surface area contributed by atoms with Crippen LogP contribution in [0.15, 0.2) is 0 Å². The molecule has 0 aliphatic carbocycles. The van der Waals surface area contributed by atoms with Crippen molar-refractivity contribution in [2.24, 2.45) is 0 Å². The smallest absolute Gasteiger partial charge is 0.410 e. The van der Waals surface area contributed by atoms with E-state index < -0.39 is 5.60 Å². The maximum atomic E-state index is 12.1. The van der Waals surface area contributed by atoms with Gasteiger partial charge in [-0.2, -0.15) is 11.8 Å². The average Bonchev–Trinajstić information content (AvgIpc) is 2.78. The molecule has 0 spiro atoms. The Labute approximate surface area is 130 Å². The average molecular weight is 318 g/mol. The summed E-state index contributed by atoms with van der Waals surface area (Å²) in [6, 6.07) is 0.0666. The van der Waals surface area contributed by atoms with Gasteiger partial charge >= 0.3 is 12.1 Å². The van der Waals surface area contributed by atoms with Crippen LogP contribution in [-0.4, -0.2) is 66.4 Å². The maximum Gasteiger partial charge on any atom is 0.410 e. The Morgan fingerprint density at radius 2 is 2.00 bits per heavy atom. The maximum absolute atomic E-state index is 12.1. The van der Waals surface area contributed by atoms with Crippen LogP contribution in [0.1, 0.15) is 27.7 Å². The second kappa shape index (κ2) is 7.89. The zero-order valence-electron chi connectivity index (χ0n) is 13.5. The van der Waals surface area contributed by atoms with E-state index in [1.165, 1.54) is 0 Å². The molecule has 0 aromatic rings. The highest BCUT2D eigenvalue weighted by Gasteiger charge is 2.36. The molecule has 0 radical (unpaired) electrons. The molecule has 0 bridgehead atoms. The zero-order valence-corrected chi connectivity index (χ0v) is 14.3. The lowest BCUT2D eigenvalue weighted by Gasteiger charge is -2.24. The summed E-state index contributed by atoms with van der Waals surface area (Å²) in [5.41, 5.74) is -0.498. The van der Waals surface area contributed by atoms with E-state index in [1.54, 1.807) is 23.6 Å². The third kappa shape index (κ3) is 6.13. The topological polar surface area (TPSA) is 67.9 Å². The Balaban J connectivity index is 2.51. The summed E-state index contributed by atoms with van der Waals surface area (Å²) in [5, 5.41) is 3.41. The number of thioether (sulfide) groups is 1. The van der Waals surface area contributed by atoms with Crippen molar-refractivity contribution in [3.8, 4) is 0 Å². The lowest BCUT2D eigenvalue weighted by atomic mass is 10.2. The molecule has 21 heavy (non-hydrogen) atoms. The fraction of sp³-hybridized carbons (Fsp3) is 0.857. The Kier molecular flexibility index (Phi) is 6.80. The van der Waals surface area contributed by atoms with Crippen molar-refractivity contribution >= 4 is 23.8 Å². The van der Waals surface area contributed by atoms with Gasteiger partial charge in [0.1, 0.15) is 5.60 Å². The quantitative estimate of drug-likeness (QED) is 0.775. The van der Waals surface area contributed by atoms with Gasteiger partial charge in [0.15, 0.2) is 0 Å². The minimum absolute atomic E-state index is 0.0666. The number of likely N-dealkylation sites (tertiary alicyclic amines) is 1. The molecular formula is C14H26N2O4S. The van der Waals surface area contributed by atoms with Crippen molar-refractivity contribution in [2.75, 3.05) is 32.5 Å². The SMILES string of the molecule is CCOC(=O)CNC1CN(C(=O)OC(C)(C)C)CC1SC. The number of hydrogen-bond acceptors (Lipinski definition) is 6. The summed E-state index contributed by atoms with van der Waals surface area (Å²) >= 11 is 1.68. The summed E-state index contributed by atoms with van der Waals surface area (Å²) in [5.74, 6) is -0.270. The monoisotopic (exact) mass is 318 g/mol. The molecule has 1 saturated heterocycles. The first-order valence-electron chi connectivity index (χ1n) is 7.16. The van der Waals surface area contributed by atoms with Gasteiger partial charge in [0, 0.05) is 24.4 Å². The second-order valence-corrected chi connectivity index (χ2v) is 7.03. The molecule has 1 N–H and O–H groups in total. The van der Waals surface area contributed by atoms with E-state index in [4.69, 9.17) is 9.47 Å². The number of nitrogens with one attached hydrogen (secondary N) is 1. The van der Waals surface area contributed by atoms with Crippen LogP contribution in [0.2, 0.25) is 0 Å². The molecular weight excluding hydrogens is 292 g/mol. The summed E-state index contributed by atoms with van der Waals surface area (Å²) in [6.45, 7) is 9.04. The van der Waals surface area contributed by atoms with Crippen LogP contribution in [0.25, 0.3) is 0 Å². The van der Waals surface area contributed by atoms with Crippen LogP contribution in [0.3, 0.4) is 0 Å². The van der Waals surface area contributed by atoms with Crippen molar-refractivity contribution in [1.29, 1.82) is 0 Å². The van der Waals surface area contributed by atoms with Crippen LogP contribution in [0.4, 0.5) is 4.79 Å². The van der Waals surface area contributed by atoms with Crippen LogP contribution in [0.5, 0.6) is 0 Å². The molecule has 1 aliphatic rings. The Bertz CT molecular complexity index is 370. The highest BCUT2D eigenvalue weighted by Crippen LogP contribution is 2.23. The normalized spacial score (nSPS) is 22.2. The number of carbonyl (C=O) groups is 2. The standard InChI is InChI=1S/C14H26N2O4S/c1-6-19-12(17)7-15-10-8-16(9-11(10)21-5)13(18)20-14(2,3)4/h10-11,15H,6-9H2,1-5H3. The molecule has 0 saturated carbocycles. The van der Waals surface area contributed by atoms with Crippen LogP contribution in [0, 0.1) is 0 Å². The summed E-state index contributed by atoms with van der Waals surface area (Å²) in [4.78, 5) is 25.2. The van der Waals surface area contributed by atoms with Gasteiger partial charge in [-0.05, 0) is 34.0 Å². The number of nitrogens with zero attached hydrogens (tertiary/aromatic N) is 1. The molecule has 2 unspecified atom stereocenters. The lowest BCUT2D eigenvalue weighted by molar-refractivity contribution is -0.142. The van der Waals surface area contributed by atoms with Gasteiger partial charge in [-0.25, -0.2) is 4.79 Å². The van der Waals surface area contributed by atoms with Gasteiger partial charge in [-0.15, -0.1) is 0 Å². The van der Waals surface area contributed by atoms with Crippen molar-refractivity contribution < 1.29 is 19.1 Å². The predicted molar refractivity (Wildman–Crippen MR) is 83.5 cm³/mol. The Hall–Kier alpha value is -0.950. The van der Waals surface area contributed by atoms with E-state index in [0.29, 0.717) is 19.7 Å². The predicted octanol–water partition coefficient (Wildman–Crippen LogP) is 1.49. The molecule has 6 nitrogen and oxygen atoms in total. The number of carbonyl (C=O) groups excluding carboxylic acids is 2. The molecule has 1 fully saturated rings. The minimum Gasteiger partial charge on any atom is -0.465 e. The highest BCUT2D eigenvalue weighted by atomic mass is 32.2. The number of hydrogen-bond donors (Lipinski definition) is 1. The molecule has 1 aliphatic heterocycles. The third-order valence-corrected chi connectivity index (χ3v) is 4.12. The van der Waals surface area contributed by atoms with Crippen molar-refractivity contribution in [3.05, 3.63) is 0 Å². The molecule has 7 heteroatoms. The van der Waals surface area contributed by atoms with E-state index in [-0.39, 0.29) is 29.9 Å².